The van der Waals surface area contributed by atoms with E-state index in [1.165, 1.54) is 17.0 Å². The number of imidazole rings is 1. The van der Waals surface area contributed by atoms with Crippen LogP contribution in [0.1, 0.15) is 37.0 Å². The average molecular weight is 336 g/mol. The molecular weight excluding hydrogens is 312 g/mol. The van der Waals surface area contributed by atoms with E-state index in [1.54, 1.807) is 0 Å². The molecule has 1 aliphatic heterocycles. The lowest BCUT2D eigenvalue weighted by atomic mass is 10.1. The third kappa shape index (κ3) is 2.49. The van der Waals surface area contributed by atoms with Gasteiger partial charge in [-0.15, -0.1) is 0 Å². The topological polar surface area (TPSA) is 73.2 Å². The number of fused-ring (bicyclic) bond motifs is 3. The maximum atomic E-state index is 6.05. The number of nitrogens with one attached hydrogen (secondary N) is 1. The molecule has 1 unspecified atom stereocenters. The number of guanidine groups is 1. The van der Waals surface area contributed by atoms with Crippen molar-refractivity contribution in [3.8, 4) is 0 Å². The summed E-state index contributed by atoms with van der Waals surface area (Å²) in [6.07, 6.45) is -0.198. The fourth-order valence-electron chi connectivity index (χ4n) is 3.66. The molecule has 25 heavy (non-hydrogen) atoms. The van der Waals surface area contributed by atoms with Crippen molar-refractivity contribution in [1.82, 2.24) is 14.1 Å². The van der Waals surface area contributed by atoms with Crippen LogP contribution in [0.15, 0.2) is 35.3 Å². The van der Waals surface area contributed by atoms with Gasteiger partial charge >= 0.3 is 0 Å². The van der Waals surface area contributed by atoms with Crippen molar-refractivity contribution in [3.05, 3.63) is 47.3 Å². The molecule has 4 rings (SSSR count). The molecule has 0 bridgehead atoms. The minimum atomic E-state index is -0.198. The van der Waals surface area contributed by atoms with Crippen LogP contribution in [0.25, 0.3) is 11.0 Å². The fourth-order valence-corrected chi connectivity index (χ4v) is 3.66. The van der Waals surface area contributed by atoms with E-state index < -0.39 is 0 Å². The molecule has 2 aromatic heterocycles. The molecule has 3 aromatic rings. The quantitative estimate of drug-likeness (QED) is 0.770. The summed E-state index contributed by atoms with van der Waals surface area (Å²) in [7, 11) is 0. The summed E-state index contributed by atoms with van der Waals surface area (Å²) < 4.78 is 4.50. The van der Waals surface area contributed by atoms with Crippen molar-refractivity contribution in [3.63, 3.8) is 0 Å². The number of anilines is 1. The number of nitrogens with two attached hydrogens (primary N) is 1. The lowest BCUT2D eigenvalue weighted by Gasteiger charge is -2.24. The van der Waals surface area contributed by atoms with Gasteiger partial charge in [-0.05, 0) is 38.0 Å². The normalized spacial score (nSPS) is 16.8. The number of hydrogen-bond donors (Lipinski definition) is 2. The standard InChI is InChI=1S/C19H24N6/c1-11(2)10-24-12(3)9-14(13(24)4)17-22-18(20)23-19-21-15-7-5-6-8-16(15)25(17)19/h5-9,11,17H,10H2,1-4H3,(H3,20,21,22,23). The Labute approximate surface area is 147 Å². The second-order valence-corrected chi connectivity index (χ2v) is 7.14. The Hall–Kier alpha value is -2.76. The van der Waals surface area contributed by atoms with Gasteiger partial charge in [-0.2, -0.15) is 0 Å². The molecule has 3 N–H and O–H groups in total. The van der Waals surface area contributed by atoms with Crippen LogP contribution in [-0.4, -0.2) is 20.1 Å². The minimum Gasteiger partial charge on any atom is -0.370 e. The first kappa shape index (κ1) is 15.7. The van der Waals surface area contributed by atoms with Crippen LogP contribution in [-0.2, 0) is 6.54 Å². The average Bonchev–Trinajstić information content (AvgIpc) is 3.05. The van der Waals surface area contributed by atoms with E-state index in [-0.39, 0.29) is 6.17 Å². The van der Waals surface area contributed by atoms with E-state index in [0.29, 0.717) is 11.9 Å². The van der Waals surface area contributed by atoms with Crippen LogP contribution in [0, 0.1) is 19.8 Å². The van der Waals surface area contributed by atoms with Gasteiger partial charge in [0.25, 0.3) is 0 Å². The Morgan fingerprint density at radius 3 is 2.76 bits per heavy atom. The van der Waals surface area contributed by atoms with E-state index in [9.17, 15) is 0 Å². The van der Waals surface area contributed by atoms with E-state index in [2.05, 4.69) is 59.3 Å². The smallest absolute Gasteiger partial charge is 0.212 e. The van der Waals surface area contributed by atoms with Crippen LogP contribution in [0.5, 0.6) is 0 Å². The lowest BCUT2D eigenvalue weighted by molar-refractivity contribution is 0.505. The number of rotatable bonds is 3. The number of aliphatic imine (C=N–C) groups is 1. The minimum absolute atomic E-state index is 0.198. The van der Waals surface area contributed by atoms with Crippen molar-refractivity contribution < 1.29 is 0 Å². The number of aryl methyl sites for hydroxylation is 1. The van der Waals surface area contributed by atoms with Crippen molar-refractivity contribution in [2.75, 3.05) is 5.32 Å². The molecular formula is C19H24N6. The van der Waals surface area contributed by atoms with E-state index in [1.807, 2.05) is 18.2 Å². The Balaban J connectivity index is 1.90. The van der Waals surface area contributed by atoms with E-state index >= 15 is 0 Å². The van der Waals surface area contributed by atoms with Gasteiger partial charge in [0.2, 0.25) is 5.95 Å². The predicted octanol–water partition coefficient (Wildman–Crippen LogP) is 3.40. The van der Waals surface area contributed by atoms with Gasteiger partial charge in [0.15, 0.2) is 12.1 Å². The van der Waals surface area contributed by atoms with Crippen molar-refractivity contribution in [2.45, 2.75) is 40.4 Å². The second-order valence-electron chi connectivity index (χ2n) is 7.14. The Kier molecular flexibility index (Phi) is 3.56. The SMILES string of the molecule is Cc1cc(C2N=C(N)Nc3nc4ccccc4n32)c(C)n1CC(C)C. The molecule has 0 saturated heterocycles. The largest absolute Gasteiger partial charge is 0.370 e. The highest BCUT2D eigenvalue weighted by atomic mass is 15.4. The maximum Gasteiger partial charge on any atom is 0.212 e. The lowest BCUT2D eigenvalue weighted by Crippen LogP contribution is -2.31. The van der Waals surface area contributed by atoms with Crippen molar-refractivity contribution in [1.29, 1.82) is 0 Å². The zero-order chi connectivity index (χ0) is 17.7. The van der Waals surface area contributed by atoms with Crippen LogP contribution in [0.4, 0.5) is 5.95 Å². The van der Waals surface area contributed by atoms with Crippen molar-refractivity contribution >= 4 is 22.9 Å². The summed E-state index contributed by atoms with van der Waals surface area (Å²) >= 11 is 0. The first-order valence-electron chi connectivity index (χ1n) is 8.69. The number of hydrogen-bond acceptors (Lipinski definition) is 4. The van der Waals surface area contributed by atoms with Crippen LogP contribution < -0.4 is 11.1 Å². The first-order valence-corrected chi connectivity index (χ1v) is 8.69. The van der Waals surface area contributed by atoms with Crippen LogP contribution in [0.3, 0.4) is 0 Å². The summed E-state index contributed by atoms with van der Waals surface area (Å²) in [5, 5.41) is 3.09. The van der Waals surface area contributed by atoms with E-state index in [4.69, 9.17) is 10.7 Å². The molecule has 1 aromatic carbocycles. The predicted molar refractivity (Wildman–Crippen MR) is 102 cm³/mol. The summed E-state index contributed by atoms with van der Waals surface area (Å²) in [6.45, 7) is 9.79. The molecule has 0 radical (unpaired) electrons. The summed E-state index contributed by atoms with van der Waals surface area (Å²) in [5.74, 6) is 1.73. The van der Waals surface area contributed by atoms with Gasteiger partial charge in [-0.25, -0.2) is 9.98 Å². The zero-order valence-corrected chi connectivity index (χ0v) is 15.1. The molecule has 0 fully saturated rings. The molecule has 1 atom stereocenters. The zero-order valence-electron chi connectivity index (χ0n) is 15.1. The van der Waals surface area contributed by atoms with Gasteiger partial charge in [0.05, 0.1) is 11.0 Å². The van der Waals surface area contributed by atoms with Gasteiger partial charge in [-0.1, -0.05) is 26.0 Å². The third-order valence-corrected chi connectivity index (χ3v) is 4.78. The first-order chi connectivity index (χ1) is 12.0. The van der Waals surface area contributed by atoms with Gasteiger partial charge in [0, 0.05) is 23.5 Å². The highest BCUT2D eigenvalue weighted by Crippen LogP contribution is 2.35. The molecule has 0 aliphatic carbocycles. The van der Waals surface area contributed by atoms with Gasteiger partial charge < -0.3 is 10.3 Å². The molecule has 0 saturated carbocycles. The number of aromatic nitrogens is 3. The fraction of sp³-hybridized carbons (Fsp3) is 0.368. The van der Waals surface area contributed by atoms with Crippen LogP contribution in [0.2, 0.25) is 0 Å². The summed E-state index contributed by atoms with van der Waals surface area (Å²) in [4.78, 5) is 9.37. The molecule has 1 aliphatic rings. The molecule has 130 valence electrons. The molecule has 6 nitrogen and oxygen atoms in total. The third-order valence-electron chi connectivity index (χ3n) is 4.78. The Bertz CT molecular complexity index is 975. The highest BCUT2D eigenvalue weighted by molar-refractivity contribution is 5.94. The Morgan fingerprint density at radius 2 is 2.00 bits per heavy atom. The molecule has 6 heteroatoms. The van der Waals surface area contributed by atoms with Gasteiger partial charge in [-0.3, -0.25) is 9.88 Å². The maximum absolute atomic E-state index is 6.05. The number of para-hydroxylation sites is 2. The van der Waals surface area contributed by atoms with Gasteiger partial charge in [0.1, 0.15) is 0 Å². The van der Waals surface area contributed by atoms with Crippen molar-refractivity contribution in [2.24, 2.45) is 16.6 Å². The second kappa shape index (κ2) is 5.65. The monoisotopic (exact) mass is 336 g/mol. The molecule has 3 heterocycles. The number of benzene rings is 1. The molecule has 0 spiro atoms. The van der Waals surface area contributed by atoms with Crippen LogP contribution >= 0.6 is 0 Å². The Morgan fingerprint density at radius 1 is 1.24 bits per heavy atom. The molecule has 0 amide bonds. The highest BCUT2D eigenvalue weighted by Gasteiger charge is 2.28. The summed E-state index contributed by atoms with van der Waals surface area (Å²) in [6, 6.07) is 10.3. The summed E-state index contributed by atoms with van der Waals surface area (Å²) in [5.41, 5.74) is 11.7. The van der Waals surface area contributed by atoms with E-state index in [0.717, 1.165) is 23.5 Å². The number of nitrogens with zero attached hydrogens (tertiary/aromatic N) is 4.